The molecule has 3 aliphatic heterocycles. The summed E-state index contributed by atoms with van der Waals surface area (Å²) in [5.41, 5.74) is 7.00. The highest BCUT2D eigenvalue weighted by atomic mass is 32.1. The fourth-order valence-corrected chi connectivity index (χ4v) is 10.4. The number of piperazine rings is 1. The summed E-state index contributed by atoms with van der Waals surface area (Å²) in [6, 6.07) is 22.4. The molecule has 16 nitrogen and oxygen atoms in total. The van der Waals surface area contributed by atoms with Crippen LogP contribution in [0.5, 0.6) is 0 Å². The van der Waals surface area contributed by atoms with Gasteiger partial charge in [0.15, 0.2) is 5.65 Å². The summed E-state index contributed by atoms with van der Waals surface area (Å²) in [7, 11) is 0. The number of pyridine rings is 1. The number of imidazole rings is 1. The largest absolute Gasteiger partial charge is 0.391 e. The molecule has 4 aromatic heterocycles. The maximum Gasteiger partial charge on any atom is 0.246 e. The molecule has 4 amide bonds. The van der Waals surface area contributed by atoms with Crippen LogP contribution >= 0.6 is 11.3 Å². The van der Waals surface area contributed by atoms with Gasteiger partial charge >= 0.3 is 0 Å². The molecule has 4 atom stereocenters. The van der Waals surface area contributed by atoms with Crippen molar-refractivity contribution in [3.05, 3.63) is 113 Å². The average Bonchev–Trinajstić information content (AvgIpc) is 4.18. The fraction of sp³-hybridized carbons (Fsp3) is 0.412. The molecule has 0 aliphatic carbocycles. The highest BCUT2D eigenvalue weighted by Gasteiger charge is 2.44. The Hall–Kier alpha value is -6.79. The molecule has 3 saturated heterocycles. The normalized spacial score (nSPS) is 19.0. The van der Waals surface area contributed by atoms with Gasteiger partial charge in [-0.25, -0.2) is 23.9 Å². The number of carbonyl (C=O) groups excluding carboxylic acids is 4. The number of carbonyl (C=O) groups is 4. The van der Waals surface area contributed by atoms with E-state index in [0.717, 1.165) is 64.0 Å². The molecule has 3 fully saturated rings. The zero-order chi connectivity index (χ0) is 48.4. The van der Waals surface area contributed by atoms with Crippen molar-refractivity contribution in [1.29, 1.82) is 0 Å². The lowest BCUT2D eigenvalue weighted by molar-refractivity contribution is -0.144. The van der Waals surface area contributed by atoms with Gasteiger partial charge in [-0.15, -0.1) is 16.4 Å². The summed E-state index contributed by atoms with van der Waals surface area (Å²) in [4.78, 5) is 77.1. The number of anilines is 2. The van der Waals surface area contributed by atoms with Crippen molar-refractivity contribution >= 4 is 52.2 Å². The number of hydrogen-bond acceptors (Lipinski definition) is 12. The fourth-order valence-electron chi connectivity index (χ4n) is 9.61. The van der Waals surface area contributed by atoms with Crippen LogP contribution in [0.1, 0.15) is 75.7 Å². The molecule has 69 heavy (non-hydrogen) atoms. The van der Waals surface area contributed by atoms with E-state index in [-0.39, 0.29) is 56.0 Å². The molecular formula is C51H58FN11O5S. The third-order valence-corrected chi connectivity index (χ3v) is 14.3. The Morgan fingerprint density at radius 3 is 2.43 bits per heavy atom. The van der Waals surface area contributed by atoms with Crippen molar-refractivity contribution in [2.24, 2.45) is 5.41 Å². The third-order valence-electron chi connectivity index (χ3n) is 13.4. The Labute approximate surface area is 404 Å². The summed E-state index contributed by atoms with van der Waals surface area (Å²) in [5, 5.41) is 21.5. The molecular weight excluding hydrogens is 898 g/mol. The monoisotopic (exact) mass is 955 g/mol. The van der Waals surface area contributed by atoms with Crippen LogP contribution in [-0.4, -0.2) is 121 Å². The Balaban J connectivity index is 0.772. The summed E-state index contributed by atoms with van der Waals surface area (Å²) >= 11 is 1.57. The first-order chi connectivity index (χ1) is 33.2. The zero-order valence-corrected chi connectivity index (χ0v) is 40.2. The van der Waals surface area contributed by atoms with Gasteiger partial charge in [0.2, 0.25) is 23.6 Å². The minimum atomic E-state index is -1.00. The molecule has 0 saturated carbocycles. The number of halogens is 1. The number of likely N-dealkylation sites (tertiary alicyclic amines) is 1. The molecule has 18 heteroatoms. The highest BCUT2D eigenvalue weighted by Crippen LogP contribution is 2.36. The van der Waals surface area contributed by atoms with Crippen LogP contribution in [0.3, 0.4) is 0 Å². The Morgan fingerprint density at radius 2 is 1.70 bits per heavy atom. The van der Waals surface area contributed by atoms with Crippen molar-refractivity contribution in [2.75, 3.05) is 49.1 Å². The second kappa shape index (κ2) is 20.0. The molecule has 0 radical (unpaired) electrons. The number of nitrogens with zero attached hydrogens (tertiary/aromatic N) is 9. The van der Waals surface area contributed by atoms with Crippen LogP contribution in [0.4, 0.5) is 16.0 Å². The summed E-state index contributed by atoms with van der Waals surface area (Å²) in [5.74, 6) is -0.176. The number of thiazole rings is 1. The van der Waals surface area contributed by atoms with Crippen molar-refractivity contribution in [3.8, 4) is 21.8 Å². The number of aliphatic hydroxyl groups excluding tert-OH is 1. The SMILES string of the molecule is Cc1ncsc1-c1ccc(CNC(=O)[C@@H]2C[C@@H](O)CN2C(=O)C(NC(=O)CCC(=O)N2CCN(c3cccc(-c4cnc5ccc(N6CCCC6c6cccc(F)c6)nn45)n3)CC2)C(C)(C)C)cc1. The number of fused-ring (bicyclic) bond motifs is 1. The van der Waals surface area contributed by atoms with Crippen molar-refractivity contribution in [3.63, 3.8) is 0 Å². The van der Waals surface area contributed by atoms with E-state index in [1.165, 1.54) is 11.0 Å². The molecule has 0 spiro atoms. The predicted octanol–water partition coefficient (Wildman–Crippen LogP) is 5.94. The van der Waals surface area contributed by atoms with Gasteiger partial charge in [0.05, 0.1) is 40.1 Å². The standard InChI is InChI=1S/C51H58FN11O5S/c1-32-47(69-31-55-32)34-15-13-33(14-16-34)28-54-49(67)40-27-37(64)30-62(40)50(68)48(51(2,3)4)57-45(65)19-20-46(66)60-24-22-59(23-25-60)43-12-6-10-38(56-43)41-29-53-42-17-18-44(58-63(41)42)61-21-7-11-39(61)35-8-5-9-36(52)26-35/h5-6,8-10,12-18,26,29,31,37,39-40,48,64H,7,11,19-25,27-28,30H2,1-4H3,(H,54,67)(H,57,65)/t37-,39?,40+,48?/m1/s1. The van der Waals surface area contributed by atoms with Gasteiger partial charge in [-0.05, 0) is 78.3 Å². The average molecular weight is 956 g/mol. The number of nitrogens with one attached hydrogen (secondary N) is 2. The third kappa shape index (κ3) is 10.5. The summed E-state index contributed by atoms with van der Waals surface area (Å²) < 4.78 is 16.0. The maximum atomic E-state index is 14.2. The van der Waals surface area contributed by atoms with Gasteiger partial charge in [0.25, 0.3) is 0 Å². The van der Waals surface area contributed by atoms with Gasteiger partial charge in [-0.2, -0.15) is 0 Å². The Bertz CT molecular complexity index is 2840. The van der Waals surface area contributed by atoms with E-state index >= 15 is 0 Å². The number of benzene rings is 2. The van der Waals surface area contributed by atoms with E-state index in [0.29, 0.717) is 37.5 Å². The van der Waals surface area contributed by atoms with Gasteiger partial charge in [0, 0.05) is 65.1 Å². The van der Waals surface area contributed by atoms with Crippen molar-refractivity contribution in [1.82, 2.24) is 45.0 Å². The Morgan fingerprint density at radius 1 is 0.913 bits per heavy atom. The van der Waals surface area contributed by atoms with E-state index in [4.69, 9.17) is 10.1 Å². The second-order valence-corrected chi connectivity index (χ2v) is 20.1. The molecule has 360 valence electrons. The molecule has 0 bridgehead atoms. The van der Waals surface area contributed by atoms with Gasteiger partial charge in [-0.3, -0.25) is 19.2 Å². The minimum Gasteiger partial charge on any atom is -0.391 e. The molecule has 7 heterocycles. The first-order valence-electron chi connectivity index (χ1n) is 23.6. The lowest BCUT2D eigenvalue weighted by atomic mass is 9.85. The molecule has 6 aromatic rings. The first-order valence-corrected chi connectivity index (χ1v) is 24.5. The van der Waals surface area contributed by atoms with Crippen LogP contribution in [0, 0.1) is 18.2 Å². The second-order valence-electron chi connectivity index (χ2n) is 19.2. The predicted molar refractivity (Wildman–Crippen MR) is 262 cm³/mol. The molecule has 3 N–H and O–H groups in total. The van der Waals surface area contributed by atoms with E-state index in [2.05, 4.69) is 30.4 Å². The number of β-amino-alcohol motifs (C(OH)–C–C–N with tert-alkyl or cyclic N) is 1. The van der Waals surface area contributed by atoms with Crippen LogP contribution in [0.2, 0.25) is 0 Å². The van der Waals surface area contributed by atoms with Gasteiger partial charge in [-0.1, -0.05) is 63.2 Å². The van der Waals surface area contributed by atoms with Crippen molar-refractivity contribution < 1.29 is 28.7 Å². The maximum absolute atomic E-state index is 14.2. The van der Waals surface area contributed by atoms with Gasteiger partial charge in [0.1, 0.15) is 35.2 Å². The number of amides is 4. The number of hydrogen-bond donors (Lipinski definition) is 3. The molecule has 3 aliphatic rings. The smallest absolute Gasteiger partial charge is 0.246 e. The van der Waals surface area contributed by atoms with Crippen LogP contribution < -0.4 is 20.4 Å². The number of rotatable bonds is 13. The van der Waals surface area contributed by atoms with E-state index < -0.39 is 35.4 Å². The summed E-state index contributed by atoms with van der Waals surface area (Å²) in [6.45, 7) is 10.4. The number of aryl methyl sites for hydroxylation is 1. The molecule has 2 aromatic carbocycles. The van der Waals surface area contributed by atoms with E-state index in [9.17, 15) is 28.7 Å². The lowest BCUT2D eigenvalue weighted by Crippen LogP contribution is -2.57. The van der Waals surface area contributed by atoms with Crippen molar-refractivity contribution in [2.45, 2.75) is 90.6 Å². The lowest BCUT2D eigenvalue weighted by Gasteiger charge is -2.36. The molecule has 9 rings (SSSR count). The van der Waals surface area contributed by atoms with Crippen LogP contribution in [-0.2, 0) is 25.7 Å². The topological polar surface area (TPSA) is 182 Å². The Kier molecular flexibility index (Phi) is 13.7. The summed E-state index contributed by atoms with van der Waals surface area (Å²) in [6.07, 6.45) is 2.67. The number of aromatic nitrogens is 5. The van der Waals surface area contributed by atoms with E-state index in [1.807, 2.05) is 93.9 Å². The highest BCUT2D eigenvalue weighted by molar-refractivity contribution is 7.13. The van der Waals surface area contributed by atoms with E-state index in [1.54, 1.807) is 39.1 Å². The van der Waals surface area contributed by atoms with Gasteiger partial charge < -0.3 is 35.3 Å². The zero-order valence-electron chi connectivity index (χ0n) is 39.3. The minimum absolute atomic E-state index is 0.0202. The quantitative estimate of drug-likeness (QED) is 0.125. The first kappa shape index (κ1) is 47.3. The van der Waals surface area contributed by atoms with Crippen LogP contribution in [0.25, 0.3) is 27.5 Å². The molecule has 2 unspecified atom stereocenters. The van der Waals surface area contributed by atoms with Crippen LogP contribution in [0.15, 0.2) is 90.6 Å². The number of aliphatic hydroxyl groups is 1.